The third-order valence-corrected chi connectivity index (χ3v) is 6.78. The van der Waals surface area contributed by atoms with E-state index in [1.54, 1.807) is 12.1 Å². The van der Waals surface area contributed by atoms with Gasteiger partial charge in [-0.05, 0) is 35.6 Å². The van der Waals surface area contributed by atoms with Crippen molar-refractivity contribution in [2.75, 3.05) is 0 Å². The third kappa shape index (κ3) is 6.39. The van der Waals surface area contributed by atoms with Gasteiger partial charge in [0.25, 0.3) is 5.97 Å². The molecule has 0 N–H and O–H groups in total. The number of ether oxygens (including phenoxy) is 1. The van der Waals surface area contributed by atoms with Gasteiger partial charge in [-0.1, -0.05) is 67.9 Å². The Morgan fingerprint density at radius 3 is 2.10 bits per heavy atom. The van der Waals surface area contributed by atoms with Crippen LogP contribution in [0.15, 0.2) is 121 Å². The molecule has 0 saturated heterocycles. The first-order chi connectivity index (χ1) is 18.4. The SMILES string of the molecule is CC1(C)CC(=O)c2cc(C(OC(=O)[c-]3cccc3)c3ccccc3)n(-c3ccccc3)c2C1.[Fe+2].c1cc[cH-]c1. The van der Waals surface area contributed by atoms with Crippen LogP contribution in [0.2, 0.25) is 0 Å². The van der Waals surface area contributed by atoms with Crippen molar-refractivity contribution in [3.63, 3.8) is 0 Å². The Morgan fingerprint density at radius 1 is 0.897 bits per heavy atom. The summed E-state index contributed by atoms with van der Waals surface area (Å²) in [7, 11) is 0. The van der Waals surface area contributed by atoms with Crippen molar-refractivity contribution in [2.24, 2.45) is 5.41 Å². The molecule has 0 spiro atoms. The van der Waals surface area contributed by atoms with Gasteiger partial charge in [-0.25, -0.2) is 24.3 Å². The largest absolute Gasteiger partial charge is 2.00 e. The number of rotatable bonds is 5. The van der Waals surface area contributed by atoms with E-state index in [4.69, 9.17) is 4.74 Å². The zero-order valence-electron chi connectivity index (χ0n) is 22.1. The second kappa shape index (κ2) is 12.3. The number of esters is 1. The molecule has 5 heteroatoms. The number of hydrogen-bond donors (Lipinski definition) is 0. The van der Waals surface area contributed by atoms with Gasteiger partial charge in [0.1, 0.15) is 0 Å². The molecule has 0 saturated carbocycles. The van der Waals surface area contributed by atoms with E-state index in [1.807, 2.05) is 109 Å². The standard InChI is InChI=1S/C29H26NO3.C5H5.Fe/c1-29(2)18-25-23(26(31)19-29)17-24(30(25)22-15-7-4-8-16-22)27(20-11-5-3-6-12-20)33-28(32)21-13-9-10-14-21;1-2-4-5-3-1;/h3-17,27H,18-19H2,1-2H3;1-5H;/q2*-1;+2. The first kappa shape index (κ1) is 28.1. The van der Waals surface area contributed by atoms with E-state index < -0.39 is 6.10 Å². The molecule has 5 aromatic rings. The van der Waals surface area contributed by atoms with E-state index in [-0.39, 0.29) is 34.2 Å². The van der Waals surface area contributed by atoms with Crippen molar-refractivity contribution in [1.29, 1.82) is 0 Å². The molecule has 0 aliphatic heterocycles. The fourth-order valence-electron chi connectivity index (χ4n) is 5.04. The molecule has 0 radical (unpaired) electrons. The summed E-state index contributed by atoms with van der Waals surface area (Å²) in [5.74, 6) is -0.259. The first-order valence-electron chi connectivity index (χ1n) is 12.9. The summed E-state index contributed by atoms with van der Waals surface area (Å²) in [6.07, 6.45) is 0.610. The fourth-order valence-corrected chi connectivity index (χ4v) is 5.04. The van der Waals surface area contributed by atoms with Gasteiger partial charge in [-0.3, -0.25) is 9.59 Å². The minimum absolute atomic E-state index is 0. The van der Waals surface area contributed by atoms with Gasteiger partial charge in [0, 0.05) is 23.4 Å². The number of ketones is 1. The van der Waals surface area contributed by atoms with Crippen LogP contribution in [0.3, 0.4) is 0 Å². The molecular weight excluding hydrogens is 526 g/mol. The molecule has 1 heterocycles. The van der Waals surface area contributed by atoms with Crippen LogP contribution < -0.4 is 0 Å². The number of aromatic nitrogens is 1. The Hall–Kier alpha value is -3.92. The van der Waals surface area contributed by atoms with Crippen molar-refractivity contribution in [1.82, 2.24) is 4.57 Å². The quantitative estimate of drug-likeness (QED) is 0.126. The summed E-state index contributed by atoms with van der Waals surface area (Å²) in [5, 5.41) is 0. The Labute approximate surface area is 240 Å². The number of hydrogen-bond acceptors (Lipinski definition) is 3. The van der Waals surface area contributed by atoms with Crippen LogP contribution in [0.25, 0.3) is 5.69 Å². The maximum atomic E-state index is 13.1. The Balaban J connectivity index is 0.000000530. The van der Waals surface area contributed by atoms with E-state index >= 15 is 0 Å². The average Bonchev–Trinajstić information content (AvgIpc) is 3.71. The van der Waals surface area contributed by atoms with Gasteiger partial charge in [0.15, 0.2) is 11.9 Å². The van der Waals surface area contributed by atoms with Gasteiger partial charge in [-0.2, -0.15) is 30.3 Å². The molecule has 4 aromatic carbocycles. The van der Waals surface area contributed by atoms with Crippen LogP contribution >= 0.6 is 0 Å². The van der Waals surface area contributed by atoms with E-state index in [0.29, 0.717) is 12.0 Å². The summed E-state index contributed by atoms with van der Waals surface area (Å²) >= 11 is 0. The molecule has 4 nitrogen and oxygen atoms in total. The number of para-hydroxylation sites is 1. The monoisotopic (exact) mass is 557 g/mol. The smallest absolute Gasteiger partial charge is 0.457 e. The van der Waals surface area contributed by atoms with Crippen LogP contribution in [0.5, 0.6) is 0 Å². The second-order valence-corrected chi connectivity index (χ2v) is 10.4. The molecule has 1 aliphatic rings. The summed E-state index contributed by atoms with van der Waals surface area (Å²) < 4.78 is 8.24. The third-order valence-electron chi connectivity index (χ3n) is 6.78. The zero-order chi connectivity index (χ0) is 26.5. The molecule has 0 fully saturated rings. The topological polar surface area (TPSA) is 48.3 Å². The van der Waals surface area contributed by atoms with Gasteiger partial charge in [-0.15, -0.1) is 0 Å². The van der Waals surface area contributed by atoms with Crippen molar-refractivity contribution in [3.05, 3.63) is 149 Å². The molecule has 0 amide bonds. The Morgan fingerprint density at radius 2 is 1.51 bits per heavy atom. The number of nitrogens with zero attached hydrogens (tertiary/aromatic N) is 1. The summed E-state index contributed by atoms with van der Waals surface area (Å²) in [5.41, 5.74) is 4.65. The minimum Gasteiger partial charge on any atom is -0.457 e. The Bertz CT molecular complexity index is 1460. The minimum atomic E-state index is -0.657. The predicted molar refractivity (Wildman–Crippen MR) is 150 cm³/mol. The molecule has 39 heavy (non-hydrogen) atoms. The average molecular weight is 557 g/mol. The van der Waals surface area contributed by atoms with Crippen molar-refractivity contribution in [3.8, 4) is 5.69 Å². The number of fused-ring (bicyclic) bond motifs is 1. The summed E-state index contributed by atoms with van der Waals surface area (Å²) in [6, 6.07) is 38.8. The summed E-state index contributed by atoms with van der Waals surface area (Å²) in [6.45, 7) is 4.25. The van der Waals surface area contributed by atoms with E-state index in [1.165, 1.54) is 0 Å². The number of Topliss-reactive ketones (excluding diaryl/α,β-unsaturated/α-hetero) is 1. The van der Waals surface area contributed by atoms with Gasteiger partial charge in [0.05, 0.1) is 5.69 Å². The fraction of sp³-hybridized carbons (Fsp3) is 0.176. The van der Waals surface area contributed by atoms with Crippen molar-refractivity contribution in [2.45, 2.75) is 32.8 Å². The van der Waals surface area contributed by atoms with Gasteiger partial charge in [0.2, 0.25) is 0 Å². The first-order valence-corrected chi connectivity index (χ1v) is 12.9. The van der Waals surface area contributed by atoms with Gasteiger partial charge < -0.3 is 9.30 Å². The maximum absolute atomic E-state index is 13.1. The number of benzene rings is 2. The number of carbonyl (C=O) groups is 2. The van der Waals surface area contributed by atoms with E-state index in [2.05, 4.69) is 18.4 Å². The molecule has 198 valence electrons. The van der Waals surface area contributed by atoms with Crippen molar-refractivity contribution < 1.29 is 31.4 Å². The molecule has 1 atom stereocenters. The molecule has 1 unspecified atom stereocenters. The molecule has 0 bridgehead atoms. The molecule has 6 rings (SSSR count). The molecular formula is C34H31FeNO3. The second-order valence-electron chi connectivity index (χ2n) is 10.4. The van der Waals surface area contributed by atoms with Crippen LogP contribution in [0.1, 0.15) is 64.0 Å². The van der Waals surface area contributed by atoms with Crippen LogP contribution in [0, 0.1) is 5.41 Å². The zero-order valence-corrected chi connectivity index (χ0v) is 23.2. The van der Waals surface area contributed by atoms with Crippen LogP contribution in [-0.4, -0.2) is 16.3 Å². The normalized spacial score (nSPS) is 14.3. The van der Waals surface area contributed by atoms with E-state index in [0.717, 1.165) is 34.6 Å². The Kier molecular flexibility index (Phi) is 8.86. The van der Waals surface area contributed by atoms with E-state index in [9.17, 15) is 9.59 Å². The summed E-state index contributed by atoms with van der Waals surface area (Å²) in [4.78, 5) is 26.2. The molecule has 1 aliphatic carbocycles. The number of carbonyl (C=O) groups excluding carboxylic acids is 2. The van der Waals surface area contributed by atoms with Gasteiger partial charge >= 0.3 is 17.1 Å². The predicted octanol–water partition coefficient (Wildman–Crippen LogP) is 7.70. The maximum Gasteiger partial charge on any atom is 2.00 e. The molecule has 1 aromatic heterocycles. The van der Waals surface area contributed by atoms with Crippen molar-refractivity contribution >= 4 is 11.8 Å². The van der Waals surface area contributed by atoms with Crippen LogP contribution in [-0.2, 0) is 28.2 Å². The van der Waals surface area contributed by atoms with Crippen LogP contribution in [0.4, 0.5) is 0 Å².